The van der Waals surface area contributed by atoms with Crippen molar-refractivity contribution in [1.82, 2.24) is 5.32 Å². The molecule has 3 nitrogen and oxygen atoms in total. The van der Waals surface area contributed by atoms with Gasteiger partial charge in [-0.3, -0.25) is 0 Å². The van der Waals surface area contributed by atoms with Gasteiger partial charge in [-0.05, 0) is 58.4 Å². The van der Waals surface area contributed by atoms with E-state index in [0.29, 0.717) is 0 Å². The minimum absolute atomic E-state index is 0.00254. The summed E-state index contributed by atoms with van der Waals surface area (Å²) < 4.78 is 5.63. The molecular formula is C17H27ClN2O. The highest BCUT2D eigenvalue weighted by atomic mass is 35.5. The number of anilines is 1. The van der Waals surface area contributed by atoms with Crippen LogP contribution in [-0.2, 0) is 11.3 Å². The van der Waals surface area contributed by atoms with Gasteiger partial charge in [0.25, 0.3) is 0 Å². The highest BCUT2D eigenvalue weighted by Crippen LogP contribution is 2.32. The first-order chi connectivity index (χ1) is 9.69. The van der Waals surface area contributed by atoms with Crippen molar-refractivity contribution in [1.29, 1.82) is 0 Å². The zero-order chi connectivity index (χ0) is 15.7. The van der Waals surface area contributed by atoms with Crippen LogP contribution in [0.15, 0.2) is 18.2 Å². The molecule has 1 aromatic carbocycles. The molecule has 1 saturated heterocycles. The fourth-order valence-corrected chi connectivity index (χ4v) is 2.82. The topological polar surface area (TPSA) is 24.5 Å². The molecule has 0 saturated carbocycles. The number of nitrogens with one attached hydrogen (secondary N) is 1. The van der Waals surface area contributed by atoms with Crippen molar-refractivity contribution in [3.63, 3.8) is 0 Å². The van der Waals surface area contributed by atoms with Gasteiger partial charge in [-0.25, -0.2) is 0 Å². The first-order valence-electron chi connectivity index (χ1n) is 7.58. The Labute approximate surface area is 133 Å². The van der Waals surface area contributed by atoms with Crippen molar-refractivity contribution >= 4 is 17.3 Å². The molecule has 0 unspecified atom stereocenters. The number of nitrogens with zero attached hydrogens (tertiary/aromatic N) is 1. The molecule has 0 amide bonds. The highest BCUT2D eigenvalue weighted by molar-refractivity contribution is 6.30. The van der Waals surface area contributed by atoms with Crippen molar-refractivity contribution in [3.8, 4) is 0 Å². The number of ether oxygens (including phenoxy) is 1. The zero-order valence-corrected chi connectivity index (χ0v) is 14.5. The van der Waals surface area contributed by atoms with Crippen molar-refractivity contribution in [2.75, 3.05) is 24.7 Å². The molecule has 2 rings (SSSR count). The van der Waals surface area contributed by atoms with Gasteiger partial charge in [-0.2, -0.15) is 0 Å². The van der Waals surface area contributed by atoms with Crippen molar-refractivity contribution in [2.45, 2.75) is 52.2 Å². The Morgan fingerprint density at radius 2 is 2.05 bits per heavy atom. The maximum atomic E-state index is 6.21. The molecule has 1 heterocycles. The van der Waals surface area contributed by atoms with Crippen molar-refractivity contribution < 1.29 is 4.74 Å². The number of hydrogen-bond donors (Lipinski definition) is 1. The van der Waals surface area contributed by atoms with E-state index in [-0.39, 0.29) is 11.1 Å². The van der Waals surface area contributed by atoms with Crippen LogP contribution < -0.4 is 10.2 Å². The summed E-state index contributed by atoms with van der Waals surface area (Å²) in [5.74, 6) is 0. The second kappa shape index (κ2) is 6.15. The van der Waals surface area contributed by atoms with Gasteiger partial charge in [0.2, 0.25) is 0 Å². The Morgan fingerprint density at radius 1 is 1.33 bits per heavy atom. The molecule has 0 aliphatic carbocycles. The minimum atomic E-state index is 0.00254. The van der Waals surface area contributed by atoms with Crippen LogP contribution in [0.2, 0.25) is 5.02 Å². The van der Waals surface area contributed by atoms with Crippen LogP contribution in [0.4, 0.5) is 5.69 Å². The minimum Gasteiger partial charge on any atom is -0.377 e. The summed E-state index contributed by atoms with van der Waals surface area (Å²) in [4.78, 5) is 2.44. The van der Waals surface area contributed by atoms with Crippen LogP contribution in [0.5, 0.6) is 0 Å². The Balaban J connectivity index is 2.30. The molecule has 118 valence electrons. The Bertz CT molecular complexity index is 494. The fourth-order valence-electron chi connectivity index (χ4n) is 2.62. The van der Waals surface area contributed by atoms with Gasteiger partial charge < -0.3 is 15.0 Å². The number of morpholine rings is 1. The smallest absolute Gasteiger partial charge is 0.0694 e. The average molecular weight is 311 g/mol. The maximum absolute atomic E-state index is 6.21. The molecule has 1 aliphatic heterocycles. The maximum Gasteiger partial charge on any atom is 0.0694 e. The van der Waals surface area contributed by atoms with Gasteiger partial charge in [-0.15, -0.1) is 0 Å². The third kappa shape index (κ3) is 4.35. The lowest BCUT2D eigenvalue weighted by Gasteiger charge is -2.44. The third-order valence-electron chi connectivity index (χ3n) is 3.79. The molecule has 1 N–H and O–H groups in total. The van der Waals surface area contributed by atoms with Crippen LogP contribution in [0, 0.1) is 0 Å². The van der Waals surface area contributed by atoms with Gasteiger partial charge in [-0.1, -0.05) is 11.6 Å². The Morgan fingerprint density at radius 3 is 2.67 bits per heavy atom. The molecule has 1 fully saturated rings. The summed E-state index contributed by atoms with van der Waals surface area (Å²) in [6.07, 6.45) is 0. The predicted molar refractivity (Wildman–Crippen MR) is 90.3 cm³/mol. The molecule has 0 atom stereocenters. The van der Waals surface area contributed by atoms with Gasteiger partial charge in [0, 0.05) is 29.3 Å². The second-order valence-corrected chi connectivity index (χ2v) is 7.83. The lowest BCUT2D eigenvalue weighted by Crippen LogP contribution is -2.53. The van der Waals surface area contributed by atoms with Crippen LogP contribution in [0.3, 0.4) is 0 Å². The fraction of sp³-hybridized carbons (Fsp3) is 0.647. The van der Waals surface area contributed by atoms with Crippen LogP contribution >= 0.6 is 11.6 Å². The molecule has 4 heteroatoms. The van der Waals surface area contributed by atoms with Gasteiger partial charge in [0.1, 0.15) is 0 Å². The monoisotopic (exact) mass is 310 g/mol. The number of benzene rings is 1. The number of rotatable bonds is 3. The van der Waals surface area contributed by atoms with Gasteiger partial charge in [0.15, 0.2) is 0 Å². The summed E-state index contributed by atoms with van der Waals surface area (Å²) in [5, 5.41) is 4.34. The van der Waals surface area contributed by atoms with Gasteiger partial charge >= 0.3 is 0 Å². The van der Waals surface area contributed by atoms with Crippen molar-refractivity contribution in [3.05, 3.63) is 28.8 Å². The molecule has 0 aromatic heterocycles. The first-order valence-corrected chi connectivity index (χ1v) is 7.96. The van der Waals surface area contributed by atoms with E-state index in [0.717, 1.165) is 31.3 Å². The SMILES string of the molecule is CC(C)(C)NCc1cc(Cl)ccc1N1CCOCC1(C)C. The van der Waals surface area contributed by atoms with E-state index in [1.807, 2.05) is 6.07 Å². The van der Waals surface area contributed by atoms with E-state index < -0.39 is 0 Å². The van der Waals surface area contributed by atoms with E-state index in [4.69, 9.17) is 16.3 Å². The Hall–Kier alpha value is -0.770. The van der Waals surface area contributed by atoms with E-state index >= 15 is 0 Å². The van der Waals surface area contributed by atoms with E-state index in [1.54, 1.807) is 0 Å². The molecule has 0 radical (unpaired) electrons. The standard InChI is InChI=1S/C17H27ClN2O/c1-16(2,3)19-11-13-10-14(18)6-7-15(13)20-8-9-21-12-17(20,4)5/h6-7,10,19H,8-9,11-12H2,1-5H3. The lowest BCUT2D eigenvalue weighted by molar-refractivity contribution is 0.0643. The quantitative estimate of drug-likeness (QED) is 0.918. The summed E-state index contributed by atoms with van der Waals surface area (Å²) in [6, 6.07) is 6.18. The Kier molecular flexibility index (Phi) is 4.86. The summed E-state index contributed by atoms with van der Waals surface area (Å²) in [7, 11) is 0. The lowest BCUT2D eigenvalue weighted by atomic mass is 9.99. The summed E-state index contributed by atoms with van der Waals surface area (Å²) >= 11 is 6.21. The predicted octanol–water partition coefficient (Wildman–Crippen LogP) is 3.84. The summed E-state index contributed by atoms with van der Waals surface area (Å²) in [6.45, 7) is 14.2. The first kappa shape index (κ1) is 16.6. The third-order valence-corrected chi connectivity index (χ3v) is 4.02. The van der Waals surface area contributed by atoms with Crippen LogP contribution in [-0.4, -0.2) is 30.8 Å². The average Bonchev–Trinajstić information content (AvgIpc) is 2.36. The molecule has 0 spiro atoms. The molecular weight excluding hydrogens is 284 g/mol. The second-order valence-electron chi connectivity index (χ2n) is 7.39. The molecule has 0 bridgehead atoms. The van der Waals surface area contributed by atoms with Crippen LogP contribution in [0.25, 0.3) is 0 Å². The van der Waals surface area contributed by atoms with E-state index in [2.05, 4.69) is 57.0 Å². The molecule has 21 heavy (non-hydrogen) atoms. The van der Waals surface area contributed by atoms with Gasteiger partial charge in [0.05, 0.1) is 18.8 Å². The normalized spacial score (nSPS) is 18.9. The number of halogens is 1. The zero-order valence-electron chi connectivity index (χ0n) is 13.8. The highest BCUT2D eigenvalue weighted by Gasteiger charge is 2.31. The van der Waals surface area contributed by atoms with Crippen molar-refractivity contribution in [2.24, 2.45) is 0 Å². The van der Waals surface area contributed by atoms with E-state index in [9.17, 15) is 0 Å². The largest absolute Gasteiger partial charge is 0.377 e. The summed E-state index contributed by atoms with van der Waals surface area (Å²) in [5.41, 5.74) is 2.58. The number of hydrogen-bond acceptors (Lipinski definition) is 3. The van der Waals surface area contributed by atoms with Crippen LogP contribution in [0.1, 0.15) is 40.2 Å². The molecule has 1 aromatic rings. The molecule has 1 aliphatic rings. The van der Waals surface area contributed by atoms with E-state index in [1.165, 1.54) is 11.3 Å².